The van der Waals surface area contributed by atoms with Crippen LogP contribution in [0.25, 0.3) is 22.5 Å². The maximum Gasteiger partial charge on any atom is 0.335 e. The minimum Gasteiger partial charge on any atom is -0.478 e. The van der Waals surface area contributed by atoms with Crippen molar-refractivity contribution in [1.29, 1.82) is 0 Å². The molecule has 3 rings (SSSR count). The Labute approximate surface area is 175 Å². The molecule has 0 fully saturated rings. The Bertz CT molecular complexity index is 1140. The predicted molar refractivity (Wildman–Crippen MR) is 109 cm³/mol. The molecule has 1 atom stereocenters. The van der Waals surface area contributed by atoms with Gasteiger partial charge in [-0.2, -0.15) is 0 Å². The third-order valence-electron chi connectivity index (χ3n) is 4.60. The SMILES string of the molecule is CCC/C=C(/c1cc(F)cc(F)c1-c1nc2cc(C(=O)O)ccn2c1Cl)C(F)NC. The molecule has 0 saturated carbocycles. The van der Waals surface area contributed by atoms with Crippen LogP contribution in [0.3, 0.4) is 0 Å². The van der Waals surface area contributed by atoms with E-state index in [-0.39, 0.29) is 38.8 Å². The highest BCUT2D eigenvalue weighted by atomic mass is 35.5. The van der Waals surface area contributed by atoms with Crippen LogP contribution in [0.5, 0.6) is 0 Å². The summed E-state index contributed by atoms with van der Waals surface area (Å²) in [7, 11) is 1.39. The molecule has 5 nitrogen and oxygen atoms in total. The van der Waals surface area contributed by atoms with Gasteiger partial charge in [0.1, 0.15) is 28.1 Å². The summed E-state index contributed by atoms with van der Waals surface area (Å²) < 4.78 is 45.1. The fourth-order valence-electron chi connectivity index (χ4n) is 3.15. The van der Waals surface area contributed by atoms with Gasteiger partial charge in [-0.1, -0.05) is 31.0 Å². The second-order valence-corrected chi connectivity index (χ2v) is 6.97. The van der Waals surface area contributed by atoms with Gasteiger partial charge in [0.2, 0.25) is 0 Å². The first-order valence-electron chi connectivity index (χ1n) is 9.20. The van der Waals surface area contributed by atoms with Crippen LogP contribution in [-0.2, 0) is 0 Å². The first-order chi connectivity index (χ1) is 14.3. The number of nitrogens with zero attached hydrogens (tertiary/aromatic N) is 2. The number of aromatic nitrogens is 2. The average molecular weight is 438 g/mol. The fourth-order valence-corrected chi connectivity index (χ4v) is 3.43. The molecule has 1 unspecified atom stereocenters. The highest BCUT2D eigenvalue weighted by Crippen LogP contribution is 2.38. The zero-order valence-corrected chi connectivity index (χ0v) is 17.0. The number of fused-ring (bicyclic) bond motifs is 1. The van der Waals surface area contributed by atoms with Gasteiger partial charge >= 0.3 is 5.97 Å². The van der Waals surface area contributed by atoms with Crippen LogP contribution in [0.2, 0.25) is 5.15 Å². The Morgan fingerprint density at radius 3 is 2.73 bits per heavy atom. The number of benzene rings is 1. The van der Waals surface area contributed by atoms with Crippen molar-refractivity contribution in [3.8, 4) is 11.3 Å². The smallest absolute Gasteiger partial charge is 0.335 e. The van der Waals surface area contributed by atoms with Gasteiger partial charge in [-0.15, -0.1) is 0 Å². The van der Waals surface area contributed by atoms with Crippen molar-refractivity contribution in [3.05, 3.63) is 64.5 Å². The standard InChI is InChI=1S/C21H19ClF3N3O2/c1-3-4-5-13(20(25)26-2)14-9-12(23)10-15(24)17(14)18-19(22)28-7-6-11(21(29)30)8-16(28)27-18/h5-10,20,26H,3-4H2,1-2H3,(H,29,30)/b13-5-. The molecule has 1 aromatic carbocycles. The van der Waals surface area contributed by atoms with E-state index in [2.05, 4.69) is 10.3 Å². The number of alkyl halides is 1. The molecule has 2 aromatic heterocycles. The van der Waals surface area contributed by atoms with E-state index in [1.807, 2.05) is 6.92 Å². The summed E-state index contributed by atoms with van der Waals surface area (Å²) in [5, 5.41) is 11.6. The number of imidazole rings is 1. The van der Waals surface area contributed by atoms with Crippen molar-refractivity contribution in [2.24, 2.45) is 0 Å². The zero-order chi connectivity index (χ0) is 22.0. The fraction of sp³-hybridized carbons (Fsp3) is 0.238. The van der Waals surface area contributed by atoms with E-state index < -0.39 is 23.9 Å². The lowest BCUT2D eigenvalue weighted by molar-refractivity contribution is 0.0697. The highest BCUT2D eigenvalue weighted by Gasteiger charge is 2.25. The first kappa shape index (κ1) is 21.9. The van der Waals surface area contributed by atoms with Crippen molar-refractivity contribution in [2.75, 3.05) is 7.05 Å². The van der Waals surface area contributed by atoms with Gasteiger partial charge in [0, 0.05) is 23.4 Å². The summed E-state index contributed by atoms with van der Waals surface area (Å²) in [6.45, 7) is 1.90. The van der Waals surface area contributed by atoms with Gasteiger partial charge in [-0.05, 0) is 37.2 Å². The number of likely N-dealkylation sites (N-methyl/N-ethyl adjacent to an activating group) is 1. The molecular formula is C21H19ClF3N3O2. The summed E-state index contributed by atoms with van der Waals surface area (Å²) in [5.41, 5.74) is -0.0366. The van der Waals surface area contributed by atoms with E-state index in [0.29, 0.717) is 18.9 Å². The van der Waals surface area contributed by atoms with Gasteiger partial charge in [-0.3, -0.25) is 9.72 Å². The number of carbonyl (C=O) groups is 1. The molecule has 0 amide bonds. The monoisotopic (exact) mass is 437 g/mol. The number of halogens is 4. The molecule has 9 heteroatoms. The van der Waals surface area contributed by atoms with Crippen LogP contribution in [-0.4, -0.2) is 33.8 Å². The number of rotatable bonds is 7. The van der Waals surface area contributed by atoms with Gasteiger partial charge in [0.05, 0.1) is 5.56 Å². The quantitative estimate of drug-likeness (QED) is 0.490. The zero-order valence-electron chi connectivity index (χ0n) is 16.2. The molecule has 0 aliphatic carbocycles. The molecular weight excluding hydrogens is 419 g/mol. The van der Waals surface area contributed by atoms with Gasteiger partial charge in [-0.25, -0.2) is 22.9 Å². The average Bonchev–Trinajstić information content (AvgIpc) is 3.03. The summed E-state index contributed by atoms with van der Waals surface area (Å²) in [4.78, 5) is 15.5. The largest absolute Gasteiger partial charge is 0.478 e. The van der Waals surface area contributed by atoms with Crippen molar-refractivity contribution in [2.45, 2.75) is 26.1 Å². The minimum atomic E-state index is -1.68. The Morgan fingerprint density at radius 1 is 1.37 bits per heavy atom. The van der Waals surface area contributed by atoms with E-state index in [9.17, 15) is 23.1 Å². The molecule has 0 spiro atoms. The molecule has 0 aliphatic rings. The Kier molecular flexibility index (Phi) is 6.48. The van der Waals surface area contributed by atoms with Crippen molar-refractivity contribution >= 4 is 28.8 Å². The van der Waals surface area contributed by atoms with Crippen LogP contribution >= 0.6 is 11.6 Å². The molecule has 2 heterocycles. The molecule has 3 aromatic rings. The lowest BCUT2D eigenvalue weighted by atomic mass is 9.95. The number of hydrogen-bond acceptors (Lipinski definition) is 3. The summed E-state index contributed by atoms with van der Waals surface area (Å²) in [6, 6.07) is 4.30. The Hall–Kier alpha value is -2.84. The highest BCUT2D eigenvalue weighted by molar-refractivity contribution is 6.32. The second kappa shape index (κ2) is 8.89. The minimum absolute atomic E-state index is 0.0107. The van der Waals surface area contributed by atoms with E-state index in [0.717, 1.165) is 6.07 Å². The lowest BCUT2D eigenvalue weighted by Gasteiger charge is -2.17. The molecule has 0 aliphatic heterocycles. The molecule has 30 heavy (non-hydrogen) atoms. The number of nitrogens with one attached hydrogen (secondary N) is 1. The number of hydrogen-bond donors (Lipinski definition) is 2. The van der Waals surface area contributed by atoms with Crippen LogP contribution in [0.1, 0.15) is 35.7 Å². The Morgan fingerprint density at radius 2 is 2.10 bits per heavy atom. The third-order valence-corrected chi connectivity index (χ3v) is 4.96. The topological polar surface area (TPSA) is 66.6 Å². The van der Waals surface area contributed by atoms with E-state index in [1.54, 1.807) is 6.08 Å². The summed E-state index contributed by atoms with van der Waals surface area (Å²) in [5.74, 6) is -2.99. The number of allylic oxidation sites excluding steroid dienone is 1. The maximum absolute atomic E-state index is 15.0. The normalized spacial score (nSPS) is 13.1. The van der Waals surface area contributed by atoms with Crippen LogP contribution in [0, 0.1) is 11.6 Å². The van der Waals surface area contributed by atoms with E-state index in [1.165, 1.54) is 29.8 Å². The number of carboxylic acid groups (broad SMARTS) is 1. The molecule has 0 radical (unpaired) electrons. The number of aromatic carboxylic acids is 1. The van der Waals surface area contributed by atoms with E-state index >= 15 is 0 Å². The third kappa shape index (κ3) is 4.06. The predicted octanol–water partition coefficient (Wildman–Crippen LogP) is 5.33. The summed E-state index contributed by atoms with van der Waals surface area (Å²) in [6.07, 6.45) is 2.49. The number of pyridine rings is 1. The van der Waals surface area contributed by atoms with Crippen LogP contribution in [0.4, 0.5) is 13.2 Å². The molecule has 2 N–H and O–H groups in total. The molecule has 158 valence electrons. The molecule has 0 bridgehead atoms. The summed E-state index contributed by atoms with van der Waals surface area (Å²) >= 11 is 6.39. The molecule has 0 saturated heterocycles. The van der Waals surface area contributed by atoms with Crippen molar-refractivity contribution < 1.29 is 23.1 Å². The number of carboxylic acids is 1. The first-order valence-corrected chi connectivity index (χ1v) is 9.58. The second-order valence-electron chi connectivity index (χ2n) is 6.61. The van der Waals surface area contributed by atoms with Gasteiger partial charge in [0.15, 0.2) is 6.30 Å². The van der Waals surface area contributed by atoms with Gasteiger partial charge in [0.25, 0.3) is 0 Å². The maximum atomic E-state index is 15.0. The Balaban J connectivity index is 2.31. The lowest BCUT2D eigenvalue weighted by Crippen LogP contribution is -2.22. The number of unbranched alkanes of at least 4 members (excludes halogenated alkanes) is 1. The van der Waals surface area contributed by atoms with E-state index in [4.69, 9.17) is 11.6 Å². The van der Waals surface area contributed by atoms with Gasteiger partial charge < -0.3 is 5.11 Å². The van der Waals surface area contributed by atoms with Crippen molar-refractivity contribution in [1.82, 2.24) is 14.7 Å². The van der Waals surface area contributed by atoms with Crippen molar-refractivity contribution in [3.63, 3.8) is 0 Å². The van der Waals surface area contributed by atoms with Crippen LogP contribution < -0.4 is 5.32 Å². The van der Waals surface area contributed by atoms with Crippen LogP contribution in [0.15, 0.2) is 36.5 Å².